The number of fused-ring (bicyclic) bond motifs is 1. The molecule has 2 aromatic heterocycles. The van der Waals surface area contributed by atoms with Crippen molar-refractivity contribution in [2.24, 2.45) is 7.05 Å². The van der Waals surface area contributed by atoms with E-state index in [0.717, 1.165) is 0 Å². The monoisotopic (exact) mass is 370 g/mol. The van der Waals surface area contributed by atoms with Crippen LogP contribution in [0.25, 0.3) is 11.0 Å². The molecular weight excluding hydrogens is 363 g/mol. The van der Waals surface area contributed by atoms with Gasteiger partial charge < -0.3 is 4.74 Å². The van der Waals surface area contributed by atoms with Crippen molar-refractivity contribution >= 4 is 38.6 Å². The Morgan fingerprint density at radius 1 is 1.38 bits per heavy atom. The van der Waals surface area contributed by atoms with Crippen LogP contribution in [0.4, 0.5) is 4.39 Å². The second-order valence-corrected chi connectivity index (χ2v) is 5.51. The zero-order valence-electron chi connectivity index (χ0n) is 10.8. The molecular formula is C13H9BrClFN4O. The number of rotatable bonds is 3. The number of hydrogen-bond acceptors (Lipinski definition) is 4. The fourth-order valence-electron chi connectivity index (χ4n) is 1.81. The van der Waals surface area contributed by atoms with Crippen molar-refractivity contribution in [3.8, 4) is 5.75 Å². The van der Waals surface area contributed by atoms with Crippen LogP contribution in [0.15, 0.2) is 28.9 Å². The van der Waals surface area contributed by atoms with Crippen LogP contribution in [-0.4, -0.2) is 19.7 Å². The van der Waals surface area contributed by atoms with E-state index in [0.29, 0.717) is 32.2 Å². The smallest absolute Gasteiger partial charge is 0.170 e. The predicted molar refractivity (Wildman–Crippen MR) is 79.7 cm³/mol. The lowest BCUT2D eigenvalue weighted by Crippen LogP contribution is -2.04. The van der Waals surface area contributed by atoms with Gasteiger partial charge in [-0.25, -0.2) is 14.4 Å². The van der Waals surface area contributed by atoms with E-state index in [9.17, 15) is 4.39 Å². The van der Waals surface area contributed by atoms with E-state index >= 15 is 0 Å². The molecule has 3 aromatic rings. The molecule has 108 valence electrons. The first kappa shape index (κ1) is 14.2. The topological polar surface area (TPSA) is 52.8 Å². The van der Waals surface area contributed by atoms with E-state index < -0.39 is 5.82 Å². The second kappa shape index (κ2) is 5.57. The summed E-state index contributed by atoms with van der Waals surface area (Å²) in [5, 5.41) is 5.06. The summed E-state index contributed by atoms with van der Waals surface area (Å²) in [4.78, 5) is 8.47. The minimum atomic E-state index is -0.395. The molecule has 0 spiro atoms. The van der Waals surface area contributed by atoms with Gasteiger partial charge in [0.25, 0.3) is 0 Å². The molecule has 0 saturated carbocycles. The van der Waals surface area contributed by atoms with Crippen LogP contribution in [-0.2, 0) is 13.7 Å². The molecule has 0 bridgehead atoms. The number of aromatic nitrogens is 4. The van der Waals surface area contributed by atoms with Crippen molar-refractivity contribution in [3.05, 3.63) is 45.7 Å². The van der Waals surface area contributed by atoms with Crippen LogP contribution in [0, 0.1) is 5.82 Å². The van der Waals surface area contributed by atoms with Crippen molar-refractivity contribution in [1.82, 2.24) is 19.7 Å². The number of halogens is 3. The Hall–Kier alpha value is -1.73. The highest BCUT2D eigenvalue weighted by Gasteiger charge is 2.10. The molecule has 1 aromatic carbocycles. The average Bonchev–Trinajstić information content (AvgIpc) is 2.83. The molecule has 0 atom stereocenters. The van der Waals surface area contributed by atoms with Gasteiger partial charge in [-0.2, -0.15) is 5.10 Å². The van der Waals surface area contributed by atoms with Gasteiger partial charge >= 0.3 is 0 Å². The van der Waals surface area contributed by atoms with Crippen LogP contribution < -0.4 is 4.74 Å². The van der Waals surface area contributed by atoms with E-state index in [1.165, 1.54) is 6.07 Å². The number of ether oxygens (including phenoxy) is 1. The van der Waals surface area contributed by atoms with Gasteiger partial charge in [0.2, 0.25) is 0 Å². The Balaban J connectivity index is 1.84. The van der Waals surface area contributed by atoms with Crippen molar-refractivity contribution in [3.63, 3.8) is 0 Å². The summed E-state index contributed by atoms with van der Waals surface area (Å²) < 4.78 is 20.9. The molecule has 0 aliphatic heterocycles. The number of hydrogen-bond donors (Lipinski definition) is 0. The van der Waals surface area contributed by atoms with Gasteiger partial charge in [-0.1, -0.05) is 11.6 Å². The van der Waals surface area contributed by atoms with Gasteiger partial charge in [0.15, 0.2) is 11.5 Å². The number of benzene rings is 1. The summed E-state index contributed by atoms with van der Waals surface area (Å²) in [5.74, 6) is 0.397. The number of aryl methyl sites for hydroxylation is 1. The molecule has 3 rings (SSSR count). The first-order valence-electron chi connectivity index (χ1n) is 5.96. The molecule has 0 fully saturated rings. The maximum absolute atomic E-state index is 13.4. The Labute approximate surface area is 132 Å². The Bertz CT molecular complexity index is 823. The van der Waals surface area contributed by atoms with Crippen LogP contribution >= 0.6 is 27.5 Å². The maximum Gasteiger partial charge on any atom is 0.170 e. The molecule has 0 amide bonds. The quantitative estimate of drug-likeness (QED) is 0.661. The van der Waals surface area contributed by atoms with Crippen LogP contribution in [0.5, 0.6) is 5.75 Å². The lowest BCUT2D eigenvalue weighted by atomic mass is 10.3. The van der Waals surface area contributed by atoms with Gasteiger partial charge in [0.1, 0.15) is 23.3 Å². The Morgan fingerprint density at radius 3 is 2.95 bits per heavy atom. The average molecular weight is 372 g/mol. The third-order valence-electron chi connectivity index (χ3n) is 2.85. The highest BCUT2D eigenvalue weighted by molar-refractivity contribution is 9.10. The highest BCUT2D eigenvalue weighted by atomic mass is 79.9. The van der Waals surface area contributed by atoms with E-state index in [1.54, 1.807) is 30.1 Å². The summed E-state index contributed by atoms with van der Waals surface area (Å²) in [5.41, 5.74) is 0.621. The summed E-state index contributed by atoms with van der Waals surface area (Å²) >= 11 is 9.16. The van der Waals surface area contributed by atoms with Crippen LogP contribution in [0.3, 0.4) is 0 Å². The lowest BCUT2D eigenvalue weighted by Gasteiger charge is -2.06. The molecule has 5 nitrogen and oxygen atoms in total. The first-order chi connectivity index (χ1) is 10.0. The molecule has 0 saturated heterocycles. The largest absolute Gasteiger partial charge is 0.486 e. The number of nitrogens with zero attached hydrogens (tertiary/aromatic N) is 4. The molecule has 0 aliphatic rings. The Kier molecular flexibility index (Phi) is 3.77. The van der Waals surface area contributed by atoms with Gasteiger partial charge in [0, 0.05) is 13.1 Å². The highest BCUT2D eigenvalue weighted by Crippen LogP contribution is 2.23. The minimum absolute atomic E-state index is 0.0852. The lowest BCUT2D eigenvalue weighted by molar-refractivity contribution is 0.294. The maximum atomic E-state index is 13.4. The van der Waals surface area contributed by atoms with Crippen LogP contribution in [0.2, 0.25) is 5.15 Å². The fraction of sp³-hybridized carbons (Fsp3) is 0.154. The van der Waals surface area contributed by atoms with Gasteiger partial charge in [0.05, 0.1) is 16.1 Å². The summed E-state index contributed by atoms with van der Waals surface area (Å²) in [6.07, 6.45) is 1.60. The third kappa shape index (κ3) is 2.84. The summed E-state index contributed by atoms with van der Waals surface area (Å²) in [6.45, 7) is 0.0852. The standard InChI is InChI=1S/C13H9BrClFN4O/c1-20-13-8(5-17-20)12(15)18-11(19-13)6-21-7-2-3-9(14)10(16)4-7/h2-5H,6H2,1H3. The van der Waals surface area contributed by atoms with Crippen molar-refractivity contribution in [2.75, 3.05) is 0 Å². The zero-order valence-corrected chi connectivity index (χ0v) is 13.2. The van der Waals surface area contributed by atoms with Gasteiger partial charge in [-0.05, 0) is 28.1 Å². The van der Waals surface area contributed by atoms with E-state index in [4.69, 9.17) is 16.3 Å². The van der Waals surface area contributed by atoms with Gasteiger partial charge in [-0.15, -0.1) is 0 Å². The normalized spacial score (nSPS) is 11.0. The SMILES string of the molecule is Cn1ncc2c(Cl)nc(COc3ccc(Br)c(F)c3)nc21. The molecule has 21 heavy (non-hydrogen) atoms. The van der Waals surface area contributed by atoms with Crippen molar-refractivity contribution < 1.29 is 9.13 Å². The first-order valence-corrected chi connectivity index (χ1v) is 7.13. The molecule has 2 heterocycles. The van der Waals surface area contributed by atoms with Gasteiger partial charge in [-0.3, -0.25) is 4.68 Å². The van der Waals surface area contributed by atoms with E-state index in [1.807, 2.05) is 0 Å². The van der Waals surface area contributed by atoms with Crippen molar-refractivity contribution in [1.29, 1.82) is 0 Å². The van der Waals surface area contributed by atoms with Crippen LogP contribution in [0.1, 0.15) is 5.82 Å². The summed E-state index contributed by atoms with van der Waals surface area (Å²) in [6, 6.07) is 4.51. The Morgan fingerprint density at radius 2 is 2.19 bits per heavy atom. The molecule has 0 unspecified atom stereocenters. The molecule has 8 heteroatoms. The minimum Gasteiger partial charge on any atom is -0.486 e. The van der Waals surface area contributed by atoms with E-state index in [2.05, 4.69) is 31.0 Å². The van der Waals surface area contributed by atoms with E-state index in [-0.39, 0.29) is 6.61 Å². The second-order valence-electron chi connectivity index (χ2n) is 4.30. The third-order valence-corrected chi connectivity index (χ3v) is 3.78. The fourth-order valence-corrected chi connectivity index (χ4v) is 2.29. The molecule has 0 N–H and O–H groups in total. The molecule has 0 aliphatic carbocycles. The molecule has 0 radical (unpaired) electrons. The predicted octanol–water partition coefficient (Wildman–Crippen LogP) is 3.50. The summed E-state index contributed by atoms with van der Waals surface area (Å²) in [7, 11) is 1.76. The zero-order chi connectivity index (χ0) is 15.0. The van der Waals surface area contributed by atoms with Crippen molar-refractivity contribution in [2.45, 2.75) is 6.61 Å².